The molecule has 0 aliphatic carbocycles. The standard InChI is InChI=1S/C19H21FN4O/c1-3-10-23(12-8-15-6-4-7-16(20)13-15)19(25)17-14(2)22-24-11-5-9-21-18(17)24/h4-7,9,11,13H,3,8,10,12H2,1-2H3. The predicted octanol–water partition coefficient (Wildman–Crippen LogP) is 3.27. The molecule has 25 heavy (non-hydrogen) atoms. The van der Waals surface area contributed by atoms with E-state index in [0.717, 1.165) is 12.0 Å². The Morgan fingerprint density at radius 3 is 2.88 bits per heavy atom. The van der Waals surface area contributed by atoms with Gasteiger partial charge in [-0.15, -0.1) is 0 Å². The lowest BCUT2D eigenvalue weighted by molar-refractivity contribution is 0.0758. The monoisotopic (exact) mass is 340 g/mol. The molecule has 2 heterocycles. The Kier molecular flexibility index (Phi) is 5.07. The number of rotatable bonds is 6. The average molecular weight is 340 g/mol. The first-order chi connectivity index (χ1) is 12.1. The Hall–Kier alpha value is -2.76. The zero-order chi connectivity index (χ0) is 17.8. The van der Waals surface area contributed by atoms with Crippen LogP contribution in [0.3, 0.4) is 0 Å². The summed E-state index contributed by atoms with van der Waals surface area (Å²) in [7, 11) is 0. The van der Waals surface area contributed by atoms with Crippen LogP contribution in [0.2, 0.25) is 0 Å². The lowest BCUT2D eigenvalue weighted by Gasteiger charge is -2.22. The molecule has 130 valence electrons. The fraction of sp³-hybridized carbons (Fsp3) is 0.316. The number of carbonyl (C=O) groups is 1. The van der Waals surface area contributed by atoms with Crippen LogP contribution in [0.25, 0.3) is 5.65 Å². The average Bonchev–Trinajstić information content (AvgIpc) is 2.94. The first-order valence-corrected chi connectivity index (χ1v) is 8.44. The van der Waals surface area contributed by atoms with Crippen LogP contribution in [0.4, 0.5) is 4.39 Å². The number of hydrogen-bond acceptors (Lipinski definition) is 3. The predicted molar refractivity (Wildman–Crippen MR) is 94.0 cm³/mol. The van der Waals surface area contributed by atoms with Crippen LogP contribution < -0.4 is 0 Å². The minimum Gasteiger partial charge on any atom is -0.338 e. The van der Waals surface area contributed by atoms with Crippen molar-refractivity contribution in [2.24, 2.45) is 0 Å². The molecule has 0 unspecified atom stereocenters. The van der Waals surface area contributed by atoms with E-state index in [4.69, 9.17) is 0 Å². The molecule has 3 aromatic rings. The van der Waals surface area contributed by atoms with Gasteiger partial charge in [-0.3, -0.25) is 4.79 Å². The molecule has 1 amide bonds. The smallest absolute Gasteiger partial charge is 0.259 e. The number of fused-ring (bicyclic) bond motifs is 1. The van der Waals surface area contributed by atoms with Crippen LogP contribution in [0.15, 0.2) is 42.7 Å². The summed E-state index contributed by atoms with van der Waals surface area (Å²) in [5.74, 6) is -0.335. The van der Waals surface area contributed by atoms with Crippen molar-refractivity contribution in [3.8, 4) is 0 Å². The van der Waals surface area contributed by atoms with E-state index >= 15 is 0 Å². The first-order valence-electron chi connectivity index (χ1n) is 8.44. The fourth-order valence-corrected chi connectivity index (χ4v) is 2.95. The van der Waals surface area contributed by atoms with Crippen LogP contribution in [-0.2, 0) is 6.42 Å². The van der Waals surface area contributed by atoms with Gasteiger partial charge in [0.15, 0.2) is 5.65 Å². The Balaban J connectivity index is 1.84. The van der Waals surface area contributed by atoms with Crippen molar-refractivity contribution in [1.29, 1.82) is 0 Å². The summed E-state index contributed by atoms with van der Waals surface area (Å²) in [6.45, 7) is 5.01. The third-order valence-corrected chi connectivity index (χ3v) is 4.12. The second-order valence-electron chi connectivity index (χ2n) is 6.02. The highest BCUT2D eigenvalue weighted by molar-refractivity contribution is 6.01. The molecular weight excluding hydrogens is 319 g/mol. The van der Waals surface area contributed by atoms with Gasteiger partial charge in [-0.2, -0.15) is 5.10 Å². The van der Waals surface area contributed by atoms with E-state index in [2.05, 4.69) is 10.1 Å². The van der Waals surface area contributed by atoms with Crippen LogP contribution in [0, 0.1) is 12.7 Å². The van der Waals surface area contributed by atoms with Crippen molar-refractivity contribution in [2.75, 3.05) is 13.1 Å². The molecule has 6 heteroatoms. The molecule has 3 rings (SSSR count). The number of aromatic nitrogens is 3. The third kappa shape index (κ3) is 3.68. The van der Waals surface area contributed by atoms with E-state index in [1.165, 1.54) is 12.1 Å². The van der Waals surface area contributed by atoms with Gasteiger partial charge in [0.05, 0.1) is 5.69 Å². The van der Waals surface area contributed by atoms with Gasteiger partial charge in [0.25, 0.3) is 5.91 Å². The highest BCUT2D eigenvalue weighted by atomic mass is 19.1. The Bertz CT molecular complexity index is 890. The minimum absolute atomic E-state index is 0.0792. The first kappa shape index (κ1) is 17.1. The fourth-order valence-electron chi connectivity index (χ4n) is 2.95. The van der Waals surface area contributed by atoms with Crippen molar-refractivity contribution >= 4 is 11.6 Å². The van der Waals surface area contributed by atoms with Crippen molar-refractivity contribution in [3.63, 3.8) is 0 Å². The molecule has 0 aliphatic rings. The topological polar surface area (TPSA) is 50.5 Å². The Morgan fingerprint density at radius 1 is 1.28 bits per heavy atom. The molecule has 0 bridgehead atoms. The van der Waals surface area contributed by atoms with Crippen LogP contribution in [0.1, 0.15) is 35.0 Å². The molecule has 0 radical (unpaired) electrons. The van der Waals surface area contributed by atoms with Gasteiger partial charge in [0, 0.05) is 25.5 Å². The second kappa shape index (κ2) is 7.42. The quantitative estimate of drug-likeness (QED) is 0.692. The summed E-state index contributed by atoms with van der Waals surface area (Å²) in [6, 6.07) is 8.28. The van der Waals surface area contributed by atoms with Gasteiger partial charge in [0.1, 0.15) is 11.4 Å². The number of amides is 1. The highest BCUT2D eigenvalue weighted by Crippen LogP contribution is 2.16. The molecule has 1 aromatic carbocycles. The zero-order valence-electron chi connectivity index (χ0n) is 14.4. The van der Waals surface area contributed by atoms with E-state index in [0.29, 0.717) is 36.4 Å². The molecule has 2 aromatic heterocycles. The van der Waals surface area contributed by atoms with Crippen LogP contribution in [-0.4, -0.2) is 38.5 Å². The lowest BCUT2D eigenvalue weighted by Crippen LogP contribution is -2.34. The summed E-state index contributed by atoms with van der Waals surface area (Å²) in [4.78, 5) is 19.2. The lowest BCUT2D eigenvalue weighted by atomic mass is 10.1. The normalized spacial score (nSPS) is 11.0. The SMILES string of the molecule is CCCN(CCc1cccc(F)c1)C(=O)c1c(C)nn2cccnc12. The Morgan fingerprint density at radius 2 is 2.12 bits per heavy atom. The number of halogens is 1. The summed E-state index contributed by atoms with van der Waals surface area (Å²) in [6.07, 6.45) is 4.89. The molecule has 0 saturated heterocycles. The number of benzene rings is 1. The summed E-state index contributed by atoms with van der Waals surface area (Å²) in [5.41, 5.74) is 2.64. The number of nitrogens with zero attached hydrogens (tertiary/aromatic N) is 4. The molecule has 0 aliphatic heterocycles. The number of hydrogen-bond donors (Lipinski definition) is 0. The van der Waals surface area contributed by atoms with E-state index in [1.54, 1.807) is 33.9 Å². The largest absolute Gasteiger partial charge is 0.338 e. The summed E-state index contributed by atoms with van der Waals surface area (Å²) < 4.78 is 15.0. The van der Waals surface area contributed by atoms with E-state index in [9.17, 15) is 9.18 Å². The molecule has 0 spiro atoms. The van der Waals surface area contributed by atoms with Gasteiger partial charge in [-0.1, -0.05) is 19.1 Å². The van der Waals surface area contributed by atoms with Crippen molar-refractivity contribution in [3.05, 3.63) is 65.4 Å². The molecule has 0 N–H and O–H groups in total. The van der Waals surface area contributed by atoms with Gasteiger partial charge >= 0.3 is 0 Å². The summed E-state index contributed by atoms with van der Waals surface area (Å²) in [5, 5.41) is 4.36. The van der Waals surface area contributed by atoms with Gasteiger partial charge < -0.3 is 4.90 Å². The summed E-state index contributed by atoms with van der Waals surface area (Å²) >= 11 is 0. The maximum absolute atomic E-state index is 13.3. The van der Waals surface area contributed by atoms with Crippen molar-refractivity contribution in [1.82, 2.24) is 19.5 Å². The molecule has 0 fully saturated rings. The van der Waals surface area contributed by atoms with E-state index in [-0.39, 0.29) is 11.7 Å². The van der Waals surface area contributed by atoms with E-state index in [1.807, 2.05) is 19.9 Å². The molecule has 0 atom stereocenters. The number of aryl methyl sites for hydroxylation is 1. The van der Waals surface area contributed by atoms with Crippen molar-refractivity contribution < 1.29 is 9.18 Å². The van der Waals surface area contributed by atoms with E-state index < -0.39 is 0 Å². The number of carbonyl (C=O) groups excluding carboxylic acids is 1. The Labute approximate surface area is 146 Å². The maximum atomic E-state index is 13.3. The molecule has 0 saturated carbocycles. The highest BCUT2D eigenvalue weighted by Gasteiger charge is 2.23. The van der Waals surface area contributed by atoms with Crippen molar-refractivity contribution in [2.45, 2.75) is 26.7 Å². The van der Waals surface area contributed by atoms with Gasteiger partial charge in [-0.25, -0.2) is 13.9 Å². The van der Waals surface area contributed by atoms with Gasteiger partial charge in [0.2, 0.25) is 0 Å². The van der Waals surface area contributed by atoms with Gasteiger partial charge in [-0.05, 0) is 43.5 Å². The maximum Gasteiger partial charge on any atom is 0.259 e. The zero-order valence-corrected chi connectivity index (χ0v) is 14.4. The van der Waals surface area contributed by atoms with Crippen LogP contribution >= 0.6 is 0 Å². The van der Waals surface area contributed by atoms with Crippen LogP contribution in [0.5, 0.6) is 0 Å². The second-order valence-corrected chi connectivity index (χ2v) is 6.02. The molecule has 5 nitrogen and oxygen atoms in total. The molecular formula is C19H21FN4O. The minimum atomic E-state index is -0.256. The third-order valence-electron chi connectivity index (χ3n) is 4.12.